The van der Waals surface area contributed by atoms with E-state index in [1.54, 1.807) is 23.1 Å². The predicted octanol–water partition coefficient (Wildman–Crippen LogP) is 4.36. The Morgan fingerprint density at radius 1 is 1.23 bits per heavy atom. The van der Waals surface area contributed by atoms with E-state index in [-0.39, 0.29) is 17.6 Å². The molecule has 0 spiro atoms. The molecule has 0 saturated carbocycles. The monoisotopic (exact) mass is 371 g/mol. The fourth-order valence-electron chi connectivity index (χ4n) is 3.04. The maximum atomic E-state index is 13.0. The number of benzene rings is 2. The van der Waals surface area contributed by atoms with Crippen molar-refractivity contribution >= 4 is 23.2 Å². The summed E-state index contributed by atoms with van der Waals surface area (Å²) in [7, 11) is 0. The van der Waals surface area contributed by atoms with Gasteiger partial charge in [0.2, 0.25) is 17.6 Å². The second-order valence-corrected chi connectivity index (χ2v) is 6.71. The van der Waals surface area contributed by atoms with E-state index in [1.807, 2.05) is 19.1 Å². The van der Waals surface area contributed by atoms with Crippen LogP contribution in [0.15, 0.2) is 47.0 Å². The summed E-state index contributed by atoms with van der Waals surface area (Å²) in [4.78, 5) is 18.5. The third-order valence-corrected chi connectivity index (χ3v) is 4.90. The van der Waals surface area contributed by atoms with E-state index in [1.165, 1.54) is 12.1 Å². The Morgan fingerprint density at radius 3 is 2.73 bits per heavy atom. The number of aromatic nitrogens is 2. The van der Waals surface area contributed by atoms with Gasteiger partial charge in [0.25, 0.3) is 0 Å². The highest BCUT2D eigenvalue weighted by Crippen LogP contribution is 2.33. The van der Waals surface area contributed by atoms with Crippen LogP contribution in [0.1, 0.15) is 23.8 Å². The van der Waals surface area contributed by atoms with Gasteiger partial charge in [0.1, 0.15) is 5.82 Å². The summed E-state index contributed by atoms with van der Waals surface area (Å²) in [5.74, 6) is 0.283. The number of hydrogen-bond donors (Lipinski definition) is 0. The minimum atomic E-state index is -0.326. The fraction of sp³-hybridized carbons (Fsp3) is 0.211. The van der Waals surface area contributed by atoms with Crippen LogP contribution in [0.25, 0.3) is 11.4 Å². The smallest absolute Gasteiger partial charge is 0.232 e. The van der Waals surface area contributed by atoms with E-state index in [0.717, 1.165) is 11.3 Å². The molecule has 1 atom stereocenters. The lowest BCUT2D eigenvalue weighted by Crippen LogP contribution is -2.24. The first-order chi connectivity index (χ1) is 12.5. The van der Waals surface area contributed by atoms with Crippen LogP contribution < -0.4 is 4.90 Å². The van der Waals surface area contributed by atoms with Crippen LogP contribution >= 0.6 is 11.6 Å². The van der Waals surface area contributed by atoms with E-state index in [2.05, 4.69) is 10.1 Å². The SMILES string of the molecule is Cc1cc(N2CC(c3nc(-c4ccc(F)cc4)no3)CC2=O)ccc1Cl. The first-order valence-corrected chi connectivity index (χ1v) is 8.55. The first-order valence-electron chi connectivity index (χ1n) is 8.17. The van der Waals surface area contributed by atoms with Gasteiger partial charge in [-0.05, 0) is 55.0 Å². The zero-order valence-electron chi connectivity index (χ0n) is 13.9. The molecule has 1 unspecified atom stereocenters. The third kappa shape index (κ3) is 3.08. The van der Waals surface area contributed by atoms with Gasteiger partial charge in [0.05, 0.1) is 5.92 Å². The lowest BCUT2D eigenvalue weighted by Gasteiger charge is -2.17. The van der Waals surface area contributed by atoms with Crippen molar-refractivity contribution < 1.29 is 13.7 Å². The number of halogens is 2. The van der Waals surface area contributed by atoms with Crippen molar-refractivity contribution in [3.8, 4) is 11.4 Å². The van der Waals surface area contributed by atoms with Gasteiger partial charge < -0.3 is 9.42 Å². The zero-order chi connectivity index (χ0) is 18.3. The Bertz CT molecular complexity index is 971. The molecule has 2 heterocycles. The summed E-state index contributed by atoms with van der Waals surface area (Å²) in [6.45, 7) is 2.36. The molecule has 1 aromatic heterocycles. The molecule has 1 aliphatic rings. The van der Waals surface area contributed by atoms with Crippen LogP contribution in [0.5, 0.6) is 0 Å². The molecule has 1 saturated heterocycles. The number of hydrogen-bond acceptors (Lipinski definition) is 4. The van der Waals surface area contributed by atoms with Crippen molar-refractivity contribution in [2.45, 2.75) is 19.3 Å². The molecule has 0 radical (unpaired) electrons. The maximum Gasteiger partial charge on any atom is 0.232 e. The molecule has 0 aliphatic carbocycles. The van der Waals surface area contributed by atoms with E-state index in [0.29, 0.717) is 35.3 Å². The molecule has 1 fully saturated rings. The minimum absolute atomic E-state index is 0.00162. The quantitative estimate of drug-likeness (QED) is 0.686. The van der Waals surface area contributed by atoms with Gasteiger partial charge >= 0.3 is 0 Å². The molecule has 3 aromatic rings. The fourth-order valence-corrected chi connectivity index (χ4v) is 3.15. The molecule has 2 aromatic carbocycles. The summed E-state index contributed by atoms with van der Waals surface area (Å²) in [5.41, 5.74) is 2.38. The summed E-state index contributed by atoms with van der Waals surface area (Å²) < 4.78 is 18.4. The number of nitrogens with zero attached hydrogens (tertiary/aromatic N) is 3. The lowest BCUT2D eigenvalue weighted by molar-refractivity contribution is -0.117. The van der Waals surface area contributed by atoms with Gasteiger partial charge in [0, 0.05) is 29.2 Å². The zero-order valence-corrected chi connectivity index (χ0v) is 14.7. The molecule has 1 amide bonds. The Labute approximate surface area is 154 Å². The molecule has 4 rings (SSSR count). The van der Waals surface area contributed by atoms with Crippen molar-refractivity contribution in [1.29, 1.82) is 0 Å². The lowest BCUT2D eigenvalue weighted by atomic mass is 10.1. The van der Waals surface area contributed by atoms with Crippen LogP contribution in [0.4, 0.5) is 10.1 Å². The summed E-state index contributed by atoms with van der Waals surface area (Å²) in [5, 5.41) is 4.62. The molecule has 26 heavy (non-hydrogen) atoms. The Hall–Kier alpha value is -2.73. The number of anilines is 1. The number of aryl methyl sites for hydroxylation is 1. The number of amides is 1. The highest BCUT2D eigenvalue weighted by Gasteiger charge is 2.35. The second-order valence-electron chi connectivity index (χ2n) is 6.30. The Kier molecular flexibility index (Phi) is 4.20. The molecule has 132 valence electrons. The molecule has 0 N–H and O–H groups in total. The average molecular weight is 372 g/mol. The summed E-state index contributed by atoms with van der Waals surface area (Å²) in [6.07, 6.45) is 0.298. The highest BCUT2D eigenvalue weighted by atomic mass is 35.5. The number of carbonyl (C=O) groups is 1. The van der Waals surface area contributed by atoms with Gasteiger partial charge in [-0.25, -0.2) is 4.39 Å². The van der Waals surface area contributed by atoms with Crippen LogP contribution in [0.3, 0.4) is 0 Å². The molecular weight excluding hydrogens is 357 g/mol. The second kappa shape index (κ2) is 6.53. The molecular formula is C19H15ClFN3O2. The highest BCUT2D eigenvalue weighted by molar-refractivity contribution is 6.31. The van der Waals surface area contributed by atoms with E-state index < -0.39 is 0 Å². The number of carbonyl (C=O) groups excluding carboxylic acids is 1. The number of rotatable bonds is 3. The first kappa shape index (κ1) is 16.7. The van der Waals surface area contributed by atoms with Gasteiger partial charge in [-0.3, -0.25) is 4.79 Å². The van der Waals surface area contributed by atoms with Gasteiger partial charge in [0.15, 0.2) is 0 Å². The average Bonchev–Trinajstić information content (AvgIpc) is 3.25. The maximum absolute atomic E-state index is 13.0. The summed E-state index contributed by atoms with van der Waals surface area (Å²) in [6, 6.07) is 11.4. The molecule has 7 heteroatoms. The van der Waals surface area contributed by atoms with Gasteiger partial charge in [-0.1, -0.05) is 16.8 Å². The van der Waals surface area contributed by atoms with Gasteiger partial charge in [-0.2, -0.15) is 4.98 Å². The third-order valence-electron chi connectivity index (χ3n) is 4.47. The van der Waals surface area contributed by atoms with E-state index in [9.17, 15) is 9.18 Å². The van der Waals surface area contributed by atoms with Crippen LogP contribution in [0, 0.1) is 12.7 Å². The summed E-state index contributed by atoms with van der Waals surface area (Å²) >= 11 is 6.06. The topological polar surface area (TPSA) is 59.2 Å². The van der Waals surface area contributed by atoms with Crippen LogP contribution in [-0.4, -0.2) is 22.6 Å². The Morgan fingerprint density at radius 2 is 2.00 bits per heavy atom. The molecule has 1 aliphatic heterocycles. The van der Waals surface area contributed by atoms with Crippen molar-refractivity contribution in [2.24, 2.45) is 0 Å². The Balaban J connectivity index is 1.55. The molecule has 5 nitrogen and oxygen atoms in total. The van der Waals surface area contributed by atoms with Crippen LogP contribution in [0.2, 0.25) is 5.02 Å². The van der Waals surface area contributed by atoms with Crippen molar-refractivity contribution in [3.05, 3.63) is 64.8 Å². The normalized spacial score (nSPS) is 17.1. The van der Waals surface area contributed by atoms with Gasteiger partial charge in [-0.15, -0.1) is 0 Å². The minimum Gasteiger partial charge on any atom is -0.339 e. The standard InChI is InChI=1S/C19H15ClFN3O2/c1-11-8-15(6-7-16(11)20)24-10-13(9-17(24)25)19-22-18(23-26-19)12-2-4-14(21)5-3-12/h2-8,13H,9-10H2,1H3. The van der Waals surface area contributed by atoms with Crippen LogP contribution in [-0.2, 0) is 4.79 Å². The molecule has 0 bridgehead atoms. The largest absolute Gasteiger partial charge is 0.339 e. The van der Waals surface area contributed by atoms with E-state index >= 15 is 0 Å². The predicted molar refractivity (Wildman–Crippen MR) is 95.6 cm³/mol. The van der Waals surface area contributed by atoms with Crippen molar-refractivity contribution in [2.75, 3.05) is 11.4 Å². The van der Waals surface area contributed by atoms with Crippen molar-refractivity contribution in [3.63, 3.8) is 0 Å². The van der Waals surface area contributed by atoms with E-state index in [4.69, 9.17) is 16.1 Å². The van der Waals surface area contributed by atoms with Crippen molar-refractivity contribution in [1.82, 2.24) is 10.1 Å².